The number of benzene rings is 2. The molecule has 0 N–H and O–H groups in total. The first-order valence-corrected chi connectivity index (χ1v) is 11.8. The molecule has 0 unspecified atom stereocenters. The van der Waals surface area contributed by atoms with Crippen molar-refractivity contribution in [2.75, 3.05) is 26.2 Å². The van der Waals surface area contributed by atoms with Crippen molar-refractivity contribution in [3.63, 3.8) is 0 Å². The lowest BCUT2D eigenvalue weighted by atomic mass is 9.87. The summed E-state index contributed by atoms with van der Waals surface area (Å²) in [6, 6.07) is 14.4. The Bertz CT molecular complexity index is 1110. The molecule has 180 valence electrons. The van der Waals surface area contributed by atoms with Crippen LogP contribution in [-0.2, 0) is 18.7 Å². The highest BCUT2D eigenvalue weighted by molar-refractivity contribution is 6.31. The van der Waals surface area contributed by atoms with E-state index in [0.29, 0.717) is 49.0 Å². The van der Waals surface area contributed by atoms with Crippen LogP contribution in [-0.4, -0.2) is 51.7 Å². The van der Waals surface area contributed by atoms with Crippen molar-refractivity contribution in [1.82, 2.24) is 19.6 Å². The van der Waals surface area contributed by atoms with Crippen LogP contribution in [0.4, 0.5) is 4.39 Å². The first-order valence-electron chi connectivity index (χ1n) is 11.4. The molecule has 1 aliphatic heterocycles. The maximum absolute atomic E-state index is 14.1. The smallest absolute Gasteiger partial charge is 0.274 e. The van der Waals surface area contributed by atoms with Crippen LogP contribution in [0.25, 0.3) is 0 Å². The van der Waals surface area contributed by atoms with Gasteiger partial charge in [-0.25, -0.2) is 9.07 Å². The van der Waals surface area contributed by atoms with Crippen molar-refractivity contribution in [1.29, 1.82) is 0 Å². The number of hydrogen-bond acceptors (Lipinski definition) is 4. The molecule has 34 heavy (non-hydrogen) atoms. The summed E-state index contributed by atoms with van der Waals surface area (Å²) in [7, 11) is 0. The maximum atomic E-state index is 14.1. The van der Waals surface area contributed by atoms with Gasteiger partial charge in [0.1, 0.15) is 11.6 Å². The van der Waals surface area contributed by atoms with Crippen LogP contribution in [0.3, 0.4) is 0 Å². The molecule has 0 aliphatic carbocycles. The lowest BCUT2D eigenvalue weighted by molar-refractivity contribution is 0.0619. The number of ether oxygens (including phenoxy) is 1. The number of halogens is 2. The number of aromatic nitrogens is 2. The molecule has 0 saturated carbocycles. The quantitative estimate of drug-likeness (QED) is 0.496. The monoisotopic (exact) mass is 484 g/mol. The van der Waals surface area contributed by atoms with Crippen molar-refractivity contribution in [3.05, 3.63) is 82.4 Å². The minimum atomic E-state index is -0.302. The SMILES string of the molecule is CC(C)(C)c1ccc(OCn2ccc(C(=O)N3CCN(Cc4c(F)cccc4Cl)CC3)n2)cc1. The van der Waals surface area contributed by atoms with E-state index in [-0.39, 0.29) is 23.9 Å². The first-order chi connectivity index (χ1) is 16.2. The van der Waals surface area contributed by atoms with Crippen LogP contribution in [0.5, 0.6) is 5.75 Å². The van der Waals surface area contributed by atoms with Gasteiger partial charge in [0.2, 0.25) is 0 Å². The molecule has 1 fully saturated rings. The topological polar surface area (TPSA) is 50.6 Å². The maximum Gasteiger partial charge on any atom is 0.274 e. The van der Waals surface area contributed by atoms with Crippen LogP contribution >= 0.6 is 11.6 Å². The van der Waals surface area contributed by atoms with Crippen molar-refractivity contribution < 1.29 is 13.9 Å². The van der Waals surface area contributed by atoms with Gasteiger partial charge in [0, 0.05) is 49.5 Å². The minimum Gasteiger partial charge on any atom is -0.471 e. The Morgan fingerprint density at radius 3 is 2.41 bits per heavy atom. The van der Waals surface area contributed by atoms with Gasteiger partial charge in [0.15, 0.2) is 12.4 Å². The zero-order valence-electron chi connectivity index (χ0n) is 19.8. The Morgan fingerprint density at radius 2 is 1.76 bits per heavy atom. The number of carbonyl (C=O) groups is 1. The van der Waals surface area contributed by atoms with E-state index in [2.05, 4.69) is 42.9 Å². The van der Waals surface area contributed by atoms with Gasteiger partial charge in [-0.1, -0.05) is 50.6 Å². The molecule has 1 aromatic heterocycles. The summed E-state index contributed by atoms with van der Waals surface area (Å²) in [6.07, 6.45) is 1.74. The Morgan fingerprint density at radius 1 is 1.06 bits per heavy atom. The number of piperazine rings is 1. The van der Waals surface area contributed by atoms with Crippen LogP contribution in [0.15, 0.2) is 54.7 Å². The molecule has 1 amide bonds. The standard InChI is InChI=1S/C26H30ClFN4O2/c1-26(2,3)19-7-9-20(10-8-19)34-18-32-12-11-24(29-32)25(33)31-15-13-30(14-16-31)17-21-22(27)5-4-6-23(21)28/h4-12H,13-18H2,1-3H3. The highest BCUT2D eigenvalue weighted by Gasteiger charge is 2.24. The van der Waals surface area contributed by atoms with Gasteiger partial charge >= 0.3 is 0 Å². The molecule has 8 heteroatoms. The summed E-state index contributed by atoms with van der Waals surface area (Å²) in [5.74, 6) is 0.336. The highest BCUT2D eigenvalue weighted by atomic mass is 35.5. The molecular weight excluding hydrogens is 455 g/mol. The summed E-state index contributed by atoms with van der Waals surface area (Å²) in [5.41, 5.74) is 2.21. The van der Waals surface area contributed by atoms with Gasteiger partial charge in [-0.15, -0.1) is 0 Å². The predicted octanol–water partition coefficient (Wildman–Crippen LogP) is 4.97. The molecule has 2 aromatic carbocycles. The summed E-state index contributed by atoms with van der Waals surface area (Å²) in [6.45, 7) is 9.55. The molecule has 0 spiro atoms. The zero-order chi connectivity index (χ0) is 24.3. The second-order valence-corrected chi connectivity index (χ2v) is 9.96. The summed E-state index contributed by atoms with van der Waals surface area (Å²) < 4.78 is 21.5. The molecule has 0 radical (unpaired) electrons. The molecule has 4 rings (SSSR count). The largest absolute Gasteiger partial charge is 0.471 e. The molecule has 6 nitrogen and oxygen atoms in total. The minimum absolute atomic E-state index is 0.0893. The van der Waals surface area contributed by atoms with Crippen molar-refractivity contribution >= 4 is 17.5 Å². The second-order valence-electron chi connectivity index (χ2n) is 9.56. The van der Waals surface area contributed by atoms with Crippen LogP contribution in [0.2, 0.25) is 5.02 Å². The third-order valence-corrected chi connectivity index (χ3v) is 6.40. The lowest BCUT2D eigenvalue weighted by Gasteiger charge is -2.34. The number of hydrogen-bond donors (Lipinski definition) is 0. The third kappa shape index (κ3) is 5.77. The molecule has 0 atom stereocenters. The molecule has 2 heterocycles. The Kier molecular flexibility index (Phi) is 7.24. The fraction of sp³-hybridized carbons (Fsp3) is 0.385. The van der Waals surface area contributed by atoms with Gasteiger partial charge < -0.3 is 9.64 Å². The predicted molar refractivity (Wildman–Crippen MR) is 131 cm³/mol. The van der Waals surface area contributed by atoms with E-state index in [9.17, 15) is 9.18 Å². The van der Waals surface area contributed by atoms with E-state index in [1.54, 1.807) is 34.0 Å². The first kappa shape index (κ1) is 24.2. The Balaban J connectivity index is 1.28. The molecule has 1 saturated heterocycles. The van der Waals surface area contributed by atoms with E-state index < -0.39 is 0 Å². The van der Waals surface area contributed by atoms with Gasteiger partial charge in [-0.2, -0.15) is 5.10 Å². The fourth-order valence-electron chi connectivity index (χ4n) is 3.92. The van der Waals surface area contributed by atoms with Gasteiger partial charge in [0.25, 0.3) is 5.91 Å². The van der Waals surface area contributed by atoms with E-state index in [1.807, 2.05) is 12.1 Å². The number of carbonyl (C=O) groups excluding carboxylic acids is 1. The number of nitrogens with zero attached hydrogens (tertiary/aromatic N) is 4. The normalized spacial score (nSPS) is 14.9. The average molecular weight is 485 g/mol. The van der Waals surface area contributed by atoms with Crippen LogP contribution in [0.1, 0.15) is 42.4 Å². The van der Waals surface area contributed by atoms with E-state index in [4.69, 9.17) is 16.3 Å². The second kappa shape index (κ2) is 10.2. The van der Waals surface area contributed by atoms with Crippen molar-refractivity contribution in [3.8, 4) is 5.75 Å². The van der Waals surface area contributed by atoms with Gasteiger partial charge in [-0.3, -0.25) is 9.69 Å². The van der Waals surface area contributed by atoms with Gasteiger partial charge in [-0.05, 0) is 41.3 Å². The summed E-state index contributed by atoms with van der Waals surface area (Å²) in [4.78, 5) is 16.8. The van der Waals surface area contributed by atoms with Crippen molar-refractivity contribution in [2.45, 2.75) is 39.5 Å². The third-order valence-electron chi connectivity index (χ3n) is 6.05. The molecule has 0 bridgehead atoms. The summed E-state index contributed by atoms with van der Waals surface area (Å²) >= 11 is 6.15. The highest BCUT2D eigenvalue weighted by Crippen LogP contribution is 2.24. The fourth-order valence-corrected chi connectivity index (χ4v) is 4.14. The number of rotatable bonds is 6. The Hall–Kier alpha value is -2.90. The Labute approximate surface area is 204 Å². The molecule has 3 aromatic rings. The van der Waals surface area contributed by atoms with E-state index in [1.165, 1.54) is 11.6 Å². The number of amides is 1. The lowest BCUT2D eigenvalue weighted by Crippen LogP contribution is -2.48. The van der Waals surface area contributed by atoms with Gasteiger partial charge in [0.05, 0.1) is 0 Å². The average Bonchev–Trinajstić information content (AvgIpc) is 3.29. The van der Waals surface area contributed by atoms with E-state index >= 15 is 0 Å². The van der Waals surface area contributed by atoms with Crippen molar-refractivity contribution in [2.24, 2.45) is 0 Å². The van der Waals surface area contributed by atoms with Crippen LogP contribution in [0, 0.1) is 5.82 Å². The zero-order valence-corrected chi connectivity index (χ0v) is 20.6. The molecular formula is C26H30ClFN4O2. The summed E-state index contributed by atoms with van der Waals surface area (Å²) in [5, 5.41) is 4.81. The molecule has 1 aliphatic rings. The van der Waals surface area contributed by atoms with Crippen LogP contribution < -0.4 is 4.74 Å². The van der Waals surface area contributed by atoms with E-state index in [0.717, 1.165) is 5.75 Å².